The summed E-state index contributed by atoms with van der Waals surface area (Å²) in [6, 6.07) is 9.43. The normalized spacial score (nSPS) is 23.0. The van der Waals surface area contributed by atoms with Crippen molar-refractivity contribution < 1.29 is 15.0 Å². The van der Waals surface area contributed by atoms with E-state index in [1.807, 2.05) is 35.3 Å². The first-order valence-electron chi connectivity index (χ1n) is 8.39. The molecule has 4 N–H and O–H groups in total. The molecule has 2 heterocycles. The van der Waals surface area contributed by atoms with Gasteiger partial charge in [-0.25, -0.2) is 4.79 Å². The first-order valence-corrected chi connectivity index (χ1v) is 8.39. The summed E-state index contributed by atoms with van der Waals surface area (Å²) in [6.07, 6.45) is 1.01. The molecule has 0 aliphatic carbocycles. The summed E-state index contributed by atoms with van der Waals surface area (Å²) >= 11 is 0. The van der Waals surface area contributed by atoms with E-state index < -0.39 is 28.7 Å². The average Bonchev–Trinajstić information content (AvgIpc) is 2.64. The first-order chi connectivity index (χ1) is 12.4. The minimum Gasteiger partial charge on any atom is -0.396 e. The number of aliphatic hydroxyl groups excluding tert-OH is 2. The zero-order chi connectivity index (χ0) is 18.7. The van der Waals surface area contributed by atoms with Crippen molar-refractivity contribution in [3.8, 4) is 0 Å². The number of amides is 1. The van der Waals surface area contributed by atoms with Crippen molar-refractivity contribution in [1.82, 2.24) is 14.9 Å². The van der Waals surface area contributed by atoms with Crippen molar-refractivity contribution in [2.24, 2.45) is 5.41 Å². The molecule has 1 fully saturated rings. The van der Waals surface area contributed by atoms with Gasteiger partial charge in [0.05, 0.1) is 12.7 Å². The molecule has 26 heavy (non-hydrogen) atoms. The third kappa shape index (κ3) is 3.47. The van der Waals surface area contributed by atoms with Crippen LogP contribution in [0.1, 0.15) is 22.3 Å². The Hall–Kier alpha value is -2.71. The van der Waals surface area contributed by atoms with Crippen molar-refractivity contribution in [2.45, 2.75) is 18.9 Å². The van der Waals surface area contributed by atoms with Crippen molar-refractivity contribution in [3.63, 3.8) is 0 Å². The monoisotopic (exact) mass is 359 g/mol. The molecule has 138 valence electrons. The second kappa shape index (κ2) is 7.27. The molecule has 2 atom stereocenters. The van der Waals surface area contributed by atoms with Crippen LogP contribution in [-0.4, -0.2) is 56.8 Å². The number of carbonyl (C=O) groups excluding carboxylic acids is 1. The Kier molecular flexibility index (Phi) is 5.06. The average molecular weight is 359 g/mol. The van der Waals surface area contributed by atoms with Crippen LogP contribution in [0.15, 0.2) is 46.1 Å². The van der Waals surface area contributed by atoms with Gasteiger partial charge in [0.25, 0.3) is 11.5 Å². The van der Waals surface area contributed by atoms with Gasteiger partial charge in [-0.3, -0.25) is 14.6 Å². The maximum absolute atomic E-state index is 12.7. The van der Waals surface area contributed by atoms with E-state index in [9.17, 15) is 24.6 Å². The lowest BCUT2D eigenvalue weighted by Gasteiger charge is -2.45. The topological polar surface area (TPSA) is 126 Å². The van der Waals surface area contributed by atoms with Gasteiger partial charge in [-0.1, -0.05) is 30.3 Å². The number of piperidine rings is 1. The number of benzene rings is 1. The van der Waals surface area contributed by atoms with Crippen molar-refractivity contribution >= 4 is 5.91 Å². The third-order valence-corrected chi connectivity index (χ3v) is 4.94. The van der Waals surface area contributed by atoms with Gasteiger partial charge in [-0.2, -0.15) is 0 Å². The van der Waals surface area contributed by atoms with Crippen LogP contribution >= 0.6 is 0 Å². The lowest BCUT2D eigenvalue weighted by Crippen LogP contribution is -2.56. The summed E-state index contributed by atoms with van der Waals surface area (Å²) in [4.78, 5) is 41.5. The van der Waals surface area contributed by atoms with Crippen LogP contribution in [0, 0.1) is 5.41 Å². The molecule has 1 aliphatic heterocycles. The van der Waals surface area contributed by atoms with E-state index in [0.717, 1.165) is 11.8 Å². The van der Waals surface area contributed by atoms with E-state index in [1.54, 1.807) is 0 Å². The van der Waals surface area contributed by atoms with E-state index in [-0.39, 0.29) is 25.3 Å². The Balaban J connectivity index is 1.87. The number of nitrogens with zero attached hydrogens (tertiary/aromatic N) is 1. The largest absolute Gasteiger partial charge is 0.396 e. The second-order valence-electron chi connectivity index (χ2n) is 6.70. The predicted molar refractivity (Wildman–Crippen MR) is 93.9 cm³/mol. The van der Waals surface area contributed by atoms with Crippen molar-refractivity contribution in [2.75, 3.05) is 19.7 Å². The molecular weight excluding hydrogens is 338 g/mol. The molecule has 0 saturated carbocycles. The fraction of sp³-hybridized carbons (Fsp3) is 0.389. The zero-order valence-electron chi connectivity index (χ0n) is 14.1. The molecule has 1 aromatic heterocycles. The third-order valence-electron chi connectivity index (χ3n) is 4.94. The Bertz CT molecular complexity index is 891. The summed E-state index contributed by atoms with van der Waals surface area (Å²) in [7, 11) is 0. The van der Waals surface area contributed by atoms with Gasteiger partial charge in [0.2, 0.25) is 0 Å². The van der Waals surface area contributed by atoms with Gasteiger partial charge in [-0.15, -0.1) is 0 Å². The summed E-state index contributed by atoms with van der Waals surface area (Å²) in [6.45, 7) is 0.0703. The number of aromatic nitrogens is 2. The number of aromatic amines is 2. The van der Waals surface area contributed by atoms with E-state index >= 15 is 0 Å². The lowest BCUT2D eigenvalue weighted by molar-refractivity contribution is -0.0669. The Morgan fingerprint density at radius 2 is 2.00 bits per heavy atom. The zero-order valence-corrected chi connectivity index (χ0v) is 14.1. The highest BCUT2D eigenvalue weighted by molar-refractivity contribution is 5.93. The van der Waals surface area contributed by atoms with Crippen LogP contribution in [0.2, 0.25) is 0 Å². The Morgan fingerprint density at radius 3 is 2.65 bits per heavy atom. The van der Waals surface area contributed by atoms with Crippen LogP contribution in [-0.2, 0) is 6.42 Å². The van der Waals surface area contributed by atoms with Crippen LogP contribution < -0.4 is 11.2 Å². The molecule has 0 bridgehead atoms. The summed E-state index contributed by atoms with van der Waals surface area (Å²) < 4.78 is 0. The van der Waals surface area contributed by atoms with E-state index in [2.05, 4.69) is 4.98 Å². The van der Waals surface area contributed by atoms with Crippen LogP contribution in [0.25, 0.3) is 0 Å². The van der Waals surface area contributed by atoms with Gasteiger partial charge in [-0.05, 0) is 18.4 Å². The number of aliphatic hydroxyl groups is 2. The Labute approximate surface area is 149 Å². The van der Waals surface area contributed by atoms with Crippen LogP contribution in [0.5, 0.6) is 0 Å². The molecule has 1 saturated heterocycles. The predicted octanol–water partition coefficient (Wildman–Crippen LogP) is -0.509. The quantitative estimate of drug-likeness (QED) is 0.585. The molecule has 1 aromatic carbocycles. The van der Waals surface area contributed by atoms with Gasteiger partial charge in [0.15, 0.2) is 0 Å². The van der Waals surface area contributed by atoms with Crippen LogP contribution in [0.3, 0.4) is 0 Å². The number of hydrogen-bond donors (Lipinski definition) is 4. The maximum Gasteiger partial charge on any atom is 0.325 e. The molecule has 8 heteroatoms. The van der Waals surface area contributed by atoms with Crippen molar-refractivity contribution in [3.05, 3.63) is 68.5 Å². The highest BCUT2D eigenvalue weighted by atomic mass is 16.3. The fourth-order valence-electron chi connectivity index (χ4n) is 3.45. The SMILES string of the molecule is O=C(c1c[nH]c(=O)[nH]c1=O)N1CC[C@H](O)[C@](CO)(Cc2ccccc2)C1. The number of carbonyl (C=O) groups is 1. The molecular formula is C18H21N3O5. The highest BCUT2D eigenvalue weighted by Crippen LogP contribution is 2.34. The van der Waals surface area contributed by atoms with Gasteiger partial charge in [0.1, 0.15) is 5.56 Å². The summed E-state index contributed by atoms with van der Waals surface area (Å²) in [5, 5.41) is 20.5. The minimum absolute atomic E-state index is 0.108. The molecule has 3 rings (SSSR count). The van der Waals surface area contributed by atoms with Crippen molar-refractivity contribution in [1.29, 1.82) is 0 Å². The lowest BCUT2D eigenvalue weighted by atomic mass is 9.73. The molecule has 2 aromatic rings. The maximum atomic E-state index is 12.7. The number of hydrogen-bond acceptors (Lipinski definition) is 5. The number of rotatable bonds is 4. The van der Waals surface area contributed by atoms with E-state index in [0.29, 0.717) is 12.8 Å². The number of nitrogens with one attached hydrogen (secondary N) is 2. The molecule has 1 amide bonds. The number of likely N-dealkylation sites (tertiary alicyclic amines) is 1. The Morgan fingerprint density at radius 1 is 1.27 bits per heavy atom. The standard InChI is InChI=1S/C18H21N3O5/c22-11-18(8-12-4-2-1-3-5-12)10-21(7-6-14(18)23)16(25)13-9-19-17(26)20-15(13)24/h1-5,9,14,22-23H,6-8,10-11H2,(H2,19,20,24,26)/t14-,18+/m0/s1. The van der Waals surface area contributed by atoms with Crippen LogP contribution in [0.4, 0.5) is 0 Å². The molecule has 1 aliphatic rings. The van der Waals surface area contributed by atoms with Gasteiger partial charge >= 0.3 is 5.69 Å². The molecule has 0 radical (unpaired) electrons. The van der Waals surface area contributed by atoms with E-state index in [1.165, 1.54) is 4.90 Å². The molecule has 0 spiro atoms. The summed E-state index contributed by atoms with van der Waals surface area (Å²) in [5.41, 5.74) is -1.59. The van der Waals surface area contributed by atoms with Gasteiger partial charge < -0.3 is 20.1 Å². The highest BCUT2D eigenvalue weighted by Gasteiger charge is 2.44. The molecule has 8 nitrogen and oxygen atoms in total. The fourth-order valence-corrected chi connectivity index (χ4v) is 3.45. The summed E-state index contributed by atoms with van der Waals surface area (Å²) in [5.74, 6) is -0.541. The van der Waals surface area contributed by atoms with Gasteiger partial charge in [0, 0.05) is 24.7 Å². The second-order valence-corrected chi connectivity index (χ2v) is 6.70. The first kappa shape index (κ1) is 18.1. The van der Waals surface area contributed by atoms with E-state index in [4.69, 9.17) is 0 Å². The minimum atomic E-state index is -0.912. The number of H-pyrrole nitrogens is 2. The smallest absolute Gasteiger partial charge is 0.325 e. The molecule has 0 unspecified atom stereocenters.